The minimum absolute atomic E-state index is 0.0139. The number of ether oxygens (including phenoxy) is 1. The number of benzene rings is 2. The molecular weight excluding hydrogens is 352 g/mol. The number of nitrogens with one attached hydrogen (secondary N) is 1. The molecule has 1 amide bonds. The minimum atomic E-state index is -2.89. The van der Waals surface area contributed by atoms with E-state index in [2.05, 4.69) is 15.0 Å². The Balaban J connectivity index is 1.65. The van der Waals surface area contributed by atoms with Crippen molar-refractivity contribution in [2.75, 3.05) is 0 Å². The van der Waals surface area contributed by atoms with E-state index in [0.717, 1.165) is 17.1 Å². The Kier molecular flexibility index (Phi) is 5.49. The molecule has 0 aliphatic carbocycles. The average molecular weight is 371 g/mol. The van der Waals surface area contributed by atoms with E-state index in [9.17, 15) is 13.6 Å². The molecule has 0 radical (unpaired) electrons. The molecule has 0 spiro atoms. The minimum Gasteiger partial charge on any atom is -0.435 e. The van der Waals surface area contributed by atoms with Gasteiger partial charge < -0.3 is 14.6 Å². The summed E-state index contributed by atoms with van der Waals surface area (Å²) in [5, 5.41) is 2.89. The van der Waals surface area contributed by atoms with Crippen LogP contribution in [0.2, 0.25) is 0 Å². The first-order valence-electron chi connectivity index (χ1n) is 8.40. The maximum absolute atomic E-state index is 12.3. The molecule has 1 N–H and O–H groups in total. The molecule has 140 valence electrons. The molecule has 0 fully saturated rings. The maximum Gasteiger partial charge on any atom is 0.387 e. The van der Waals surface area contributed by atoms with E-state index >= 15 is 0 Å². The van der Waals surface area contributed by atoms with Crippen molar-refractivity contribution in [2.45, 2.75) is 26.5 Å². The highest BCUT2D eigenvalue weighted by molar-refractivity contribution is 5.94. The number of carbonyl (C=O) groups is 1. The number of aryl methyl sites for hydroxylation is 1. The Hall–Kier alpha value is -3.22. The average Bonchev–Trinajstić information content (AvgIpc) is 3.08. The van der Waals surface area contributed by atoms with Crippen LogP contribution in [-0.2, 0) is 0 Å². The van der Waals surface area contributed by atoms with E-state index in [4.69, 9.17) is 0 Å². The first kappa shape index (κ1) is 18.6. The van der Waals surface area contributed by atoms with Crippen molar-refractivity contribution in [3.8, 4) is 11.4 Å². The van der Waals surface area contributed by atoms with Crippen molar-refractivity contribution < 1.29 is 18.3 Å². The number of imidazole rings is 1. The third kappa shape index (κ3) is 4.49. The van der Waals surface area contributed by atoms with E-state index in [1.54, 1.807) is 6.20 Å². The molecule has 1 atom stereocenters. The standard InChI is InChI=1S/C20H19F2N3O2/c1-13(15-3-7-17(8-4-15)25-12-11-23-14(25)2)24-19(26)16-5-9-18(10-6-16)27-20(21)22/h3-13,20H,1-2H3,(H,24,26). The number of aromatic nitrogens is 2. The number of hydrogen-bond donors (Lipinski definition) is 1. The summed E-state index contributed by atoms with van der Waals surface area (Å²) in [7, 11) is 0. The van der Waals surface area contributed by atoms with E-state index in [1.807, 2.05) is 48.9 Å². The van der Waals surface area contributed by atoms with Crippen molar-refractivity contribution in [1.29, 1.82) is 0 Å². The summed E-state index contributed by atoms with van der Waals surface area (Å²) < 4.78 is 30.6. The van der Waals surface area contributed by atoms with Crippen LogP contribution in [0.4, 0.5) is 8.78 Å². The largest absolute Gasteiger partial charge is 0.435 e. The lowest BCUT2D eigenvalue weighted by Gasteiger charge is -2.15. The molecule has 0 saturated heterocycles. The van der Waals surface area contributed by atoms with Gasteiger partial charge >= 0.3 is 6.61 Å². The second-order valence-corrected chi connectivity index (χ2v) is 6.03. The Morgan fingerprint density at radius 2 is 1.78 bits per heavy atom. The van der Waals surface area contributed by atoms with Crippen LogP contribution in [0.5, 0.6) is 5.75 Å². The Bertz CT molecular complexity index is 906. The molecule has 2 aromatic carbocycles. The fraction of sp³-hybridized carbons (Fsp3) is 0.200. The van der Waals surface area contributed by atoms with E-state index in [1.165, 1.54) is 24.3 Å². The van der Waals surface area contributed by atoms with Crippen molar-refractivity contribution in [2.24, 2.45) is 0 Å². The lowest BCUT2D eigenvalue weighted by atomic mass is 10.1. The van der Waals surface area contributed by atoms with Gasteiger partial charge in [0, 0.05) is 23.6 Å². The van der Waals surface area contributed by atoms with E-state index < -0.39 is 6.61 Å². The van der Waals surface area contributed by atoms with Gasteiger partial charge in [-0.25, -0.2) is 4.98 Å². The lowest BCUT2D eigenvalue weighted by molar-refractivity contribution is -0.0498. The number of halogens is 2. The summed E-state index contributed by atoms with van der Waals surface area (Å²) in [5.41, 5.74) is 2.30. The Labute approximate surface area is 155 Å². The third-order valence-corrected chi connectivity index (χ3v) is 4.19. The quantitative estimate of drug-likeness (QED) is 0.704. The van der Waals surface area contributed by atoms with Crippen LogP contribution in [-0.4, -0.2) is 22.1 Å². The summed E-state index contributed by atoms with van der Waals surface area (Å²) in [4.78, 5) is 16.5. The first-order valence-corrected chi connectivity index (χ1v) is 8.40. The van der Waals surface area contributed by atoms with Crippen LogP contribution in [0.3, 0.4) is 0 Å². The SMILES string of the molecule is Cc1nccn1-c1ccc(C(C)NC(=O)c2ccc(OC(F)F)cc2)cc1. The van der Waals surface area contributed by atoms with Gasteiger partial charge in [0.25, 0.3) is 5.91 Å². The van der Waals surface area contributed by atoms with Crippen LogP contribution in [0.15, 0.2) is 60.9 Å². The third-order valence-electron chi connectivity index (χ3n) is 4.19. The predicted molar refractivity (Wildman–Crippen MR) is 97.3 cm³/mol. The lowest BCUT2D eigenvalue weighted by Crippen LogP contribution is -2.26. The van der Waals surface area contributed by atoms with Gasteiger partial charge in [0.05, 0.1) is 6.04 Å². The molecule has 0 aliphatic heterocycles. The molecular formula is C20H19F2N3O2. The summed E-state index contributed by atoms with van der Waals surface area (Å²) in [5.74, 6) is 0.615. The monoisotopic (exact) mass is 371 g/mol. The molecule has 3 rings (SSSR count). The summed E-state index contributed by atoms with van der Waals surface area (Å²) in [6.45, 7) is 0.914. The smallest absolute Gasteiger partial charge is 0.387 e. The van der Waals surface area contributed by atoms with Gasteiger partial charge in [-0.2, -0.15) is 8.78 Å². The molecule has 5 nitrogen and oxygen atoms in total. The van der Waals surface area contributed by atoms with E-state index in [0.29, 0.717) is 5.56 Å². The molecule has 1 heterocycles. The van der Waals surface area contributed by atoms with Gasteiger partial charge in [0.15, 0.2) is 0 Å². The highest BCUT2D eigenvalue weighted by Crippen LogP contribution is 2.19. The highest BCUT2D eigenvalue weighted by atomic mass is 19.3. The molecule has 0 saturated carbocycles. The van der Waals surface area contributed by atoms with Crippen LogP contribution < -0.4 is 10.1 Å². The predicted octanol–water partition coefficient (Wildman–Crippen LogP) is 4.27. The van der Waals surface area contributed by atoms with Crippen LogP contribution in [0.25, 0.3) is 5.69 Å². The number of rotatable bonds is 6. The topological polar surface area (TPSA) is 56.2 Å². The second-order valence-electron chi connectivity index (χ2n) is 6.03. The zero-order valence-corrected chi connectivity index (χ0v) is 14.9. The Morgan fingerprint density at radius 3 is 2.33 bits per heavy atom. The van der Waals surface area contributed by atoms with Gasteiger partial charge in [-0.15, -0.1) is 0 Å². The van der Waals surface area contributed by atoms with Gasteiger partial charge in [0.1, 0.15) is 11.6 Å². The highest BCUT2D eigenvalue weighted by Gasteiger charge is 2.13. The zero-order chi connectivity index (χ0) is 19.4. The molecule has 0 aliphatic rings. The van der Waals surface area contributed by atoms with Crippen LogP contribution >= 0.6 is 0 Å². The summed E-state index contributed by atoms with van der Waals surface area (Å²) in [6, 6.07) is 13.2. The van der Waals surface area contributed by atoms with Crippen molar-refractivity contribution in [3.63, 3.8) is 0 Å². The van der Waals surface area contributed by atoms with Gasteiger partial charge in [-0.05, 0) is 55.8 Å². The summed E-state index contributed by atoms with van der Waals surface area (Å²) in [6.07, 6.45) is 3.63. The molecule has 1 aromatic heterocycles. The van der Waals surface area contributed by atoms with Crippen molar-refractivity contribution in [1.82, 2.24) is 14.9 Å². The number of nitrogens with zero attached hydrogens (tertiary/aromatic N) is 2. The van der Waals surface area contributed by atoms with E-state index in [-0.39, 0.29) is 17.7 Å². The fourth-order valence-electron chi connectivity index (χ4n) is 2.73. The van der Waals surface area contributed by atoms with Crippen LogP contribution in [0, 0.1) is 6.92 Å². The molecule has 1 unspecified atom stereocenters. The number of alkyl halides is 2. The van der Waals surface area contributed by atoms with Gasteiger partial charge in [0.2, 0.25) is 0 Å². The number of hydrogen-bond acceptors (Lipinski definition) is 3. The fourth-order valence-corrected chi connectivity index (χ4v) is 2.73. The maximum atomic E-state index is 12.3. The second kappa shape index (κ2) is 7.99. The normalized spacial score (nSPS) is 12.0. The number of carbonyl (C=O) groups excluding carboxylic acids is 1. The molecule has 27 heavy (non-hydrogen) atoms. The zero-order valence-electron chi connectivity index (χ0n) is 14.9. The molecule has 7 heteroatoms. The van der Waals surface area contributed by atoms with Crippen molar-refractivity contribution >= 4 is 5.91 Å². The first-order chi connectivity index (χ1) is 12.9. The van der Waals surface area contributed by atoms with Gasteiger partial charge in [-0.3, -0.25) is 4.79 Å². The summed E-state index contributed by atoms with van der Waals surface area (Å²) >= 11 is 0. The van der Waals surface area contributed by atoms with Gasteiger partial charge in [-0.1, -0.05) is 12.1 Å². The Morgan fingerprint density at radius 1 is 1.11 bits per heavy atom. The van der Waals surface area contributed by atoms with Crippen molar-refractivity contribution in [3.05, 3.63) is 77.9 Å². The van der Waals surface area contributed by atoms with Crippen LogP contribution in [0.1, 0.15) is 34.7 Å². The molecule has 3 aromatic rings. The molecule has 0 bridgehead atoms. The number of amides is 1.